The average Bonchev–Trinajstić information content (AvgIpc) is 2.55. The number of halogens is 2. The van der Waals surface area contributed by atoms with E-state index in [0.29, 0.717) is 23.4 Å². The Bertz CT molecular complexity index is 643. The maximum absolute atomic E-state index is 12.4. The highest BCUT2D eigenvalue weighted by molar-refractivity contribution is 6.43. The minimum Gasteiger partial charge on any atom is -0.348 e. The first-order chi connectivity index (χ1) is 11.0. The van der Waals surface area contributed by atoms with Crippen LogP contribution in [0.1, 0.15) is 36.0 Å². The maximum Gasteiger partial charge on any atom is 0.253 e. The molecule has 2 N–H and O–H groups in total. The summed E-state index contributed by atoms with van der Waals surface area (Å²) in [6, 6.07) is 6.47. The van der Waals surface area contributed by atoms with E-state index in [4.69, 9.17) is 28.5 Å². The molecule has 1 fully saturated rings. The zero-order valence-electron chi connectivity index (χ0n) is 12.4. The number of rotatable bonds is 4. The fourth-order valence-electron chi connectivity index (χ4n) is 2.80. The Kier molecular flexibility index (Phi) is 6.26. The highest BCUT2D eigenvalue weighted by atomic mass is 35.5. The van der Waals surface area contributed by atoms with E-state index >= 15 is 0 Å². The highest BCUT2D eigenvalue weighted by Gasteiger charge is 2.32. The molecule has 1 aromatic carbocycles. The van der Waals surface area contributed by atoms with E-state index in [2.05, 4.69) is 10.6 Å². The van der Waals surface area contributed by atoms with E-state index in [1.165, 1.54) is 0 Å². The van der Waals surface area contributed by atoms with E-state index < -0.39 is 0 Å². The third-order valence-electron chi connectivity index (χ3n) is 3.96. The van der Waals surface area contributed by atoms with E-state index in [0.717, 1.165) is 12.8 Å². The van der Waals surface area contributed by atoms with Crippen molar-refractivity contribution in [1.29, 1.82) is 5.26 Å². The highest BCUT2D eigenvalue weighted by Crippen LogP contribution is 2.28. The monoisotopic (exact) mass is 353 g/mol. The van der Waals surface area contributed by atoms with Gasteiger partial charge in [-0.1, -0.05) is 42.1 Å². The number of nitrogens with zero attached hydrogens (tertiary/aromatic N) is 1. The van der Waals surface area contributed by atoms with E-state index in [9.17, 15) is 9.59 Å². The topological polar surface area (TPSA) is 82.0 Å². The predicted octanol–water partition coefficient (Wildman–Crippen LogP) is 2.92. The van der Waals surface area contributed by atoms with Gasteiger partial charge in [0.2, 0.25) is 5.91 Å². The van der Waals surface area contributed by atoms with Crippen LogP contribution in [0, 0.1) is 17.2 Å². The average molecular weight is 354 g/mol. The largest absolute Gasteiger partial charge is 0.348 e. The number of amides is 2. The van der Waals surface area contributed by atoms with Crippen LogP contribution >= 0.6 is 23.2 Å². The van der Waals surface area contributed by atoms with Crippen molar-refractivity contribution < 1.29 is 9.59 Å². The van der Waals surface area contributed by atoms with Gasteiger partial charge >= 0.3 is 0 Å². The molecule has 23 heavy (non-hydrogen) atoms. The third kappa shape index (κ3) is 4.37. The second-order valence-corrected chi connectivity index (χ2v) is 6.23. The number of hydrogen-bond acceptors (Lipinski definition) is 3. The van der Waals surface area contributed by atoms with Crippen LogP contribution in [0.2, 0.25) is 10.0 Å². The first-order valence-electron chi connectivity index (χ1n) is 7.44. The molecule has 0 heterocycles. The Morgan fingerprint density at radius 2 is 2.00 bits per heavy atom. The van der Waals surface area contributed by atoms with Gasteiger partial charge in [0, 0.05) is 6.04 Å². The fraction of sp³-hybridized carbons (Fsp3) is 0.438. The number of benzene rings is 1. The van der Waals surface area contributed by atoms with Gasteiger partial charge in [0.05, 0.1) is 27.6 Å². The van der Waals surface area contributed by atoms with Crippen LogP contribution in [0.4, 0.5) is 0 Å². The van der Waals surface area contributed by atoms with Gasteiger partial charge in [0.25, 0.3) is 5.91 Å². The molecule has 2 amide bonds. The van der Waals surface area contributed by atoms with Crippen LogP contribution in [0.15, 0.2) is 18.2 Å². The zero-order valence-corrected chi connectivity index (χ0v) is 14.0. The normalized spacial score (nSPS) is 20.4. The molecule has 1 aliphatic carbocycles. The Hall–Kier alpha value is -1.77. The van der Waals surface area contributed by atoms with Crippen molar-refractivity contribution in [3.8, 4) is 6.07 Å². The molecule has 2 atom stereocenters. The summed E-state index contributed by atoms with van der Waals surface area (Å²) < 4.78 is 0. The SMILES string of the molecule is N#CCNC(=O)[C@@H]1CCCC[C@H]1NC(=O)c1cccc(Cl)c1Cl. The van der Waals surface area contributed by atoms with Crippen molar-refractivity contribution in [3.05, 3.63) is 33.8 Å². The van der Waals surface area contributed by atoms with Gasteiger partial charge in [0.1, 0.15) is 6.54 Å². The summed E-state index contributed by atoms with van der Waals surface area (Å²) in [7, 11) is 0. The molecule has 0 spiro atoms. The quantitative estimate of drug-likeness (QED) is 0.816. The van der Waals surface area contributed by atoms with Gasteiger partial charge in [-0.3, -0.25) is 9.59 Å². The smallest absolute Gasteiger partial charge is 0.253 e. The van der Waals surface area contributed by atoms with Gasteiger partial charge in [-0.15, -0.1) is 0 Å². The van der Waals surface area contributed by atoms with Crippen molar-refractivity contribution in [2.45, 2.75) is 31.7 Å². The van der Waals surface area contributed by atoms with Crippen LogP contribution in [-0.2, 0) is 4.79 Å². The molecule has 2 rings (SSSR count). The number of carbonyl (C=O) groups excluding carboxylic acids is 2. The maximum atomic E-state index is 12.4. The van der Waals surface area contributed by atoms with Crippen molar-refractivity contribution in [3.63, 3.8) is 0 Å². The molecule has 0 aromatic heterocycles. The second kappa shape index (κ2) is 8.19. The molecule has 0 saturated heterocycles. The van der Waals surface area contributed by atoms with Crippen molar-refractivity contribution >= 4 is 35.0 Å². The predicted molar refractivity (Wildman–Crippen MR) is 88.3 cm³/mol. The molecule has 7 heteroatoms. The minimum absolute atomic E-state index is 0.0316. The fourth-order valence-corrected chi connectivity index (χ4v) is 3.19. The summed E-state index contributed by atoms with van der Waals surface area (Å²) in [5, 5.41) is 14.5. The second-order valence-electron chi connectivity index (χ2n) is 5.45. The third-order valence-corrected chi connectivity index (χ3v) is 4.78. The molecule has 0 aliphatic heterocycles. The molecular formula is C16H17Cl2N3O2. The summed E-state index contributed by atoms with van der Waals surface area (Å²) in [5.41, 5.74) is 0.293. The van der Waals surface area contributed by atoms with E-state index in [1.54, 1.807) is 18.2 Å². The van der Waals surface area contributed by atoms with E-state index in [1.807, 2.05) is 6.07 Å². The first kappa shape index (κ1) is 17.6. The van der Waals surface area contributed by atoms with Crippen molar-refractivity contribution in [2.24, 2.45) is 5.92 Å². The molecule has 0 unspecified atom stereocenters. The van der Waals surface area contributed by atoms with Crippen LogP contribution in [-0.4, -0.2) is 24.4 Å². The minimum atomic E-state index is -0.345. The molecular weight excluding hydrogens is 337 g/mol. The van der Waals surface area contributed by atoms with Crippen LogP contribution < -0.4 is 10.6 Å². The standard InChI is InChI=1S/C16H17Cl2N3O2/c17-12-6-3-5-11(14(12)18)16(23)21-13-7-2-1-4-10(13)15(22)20-9-8-19/h3,5-6,10,13H,1-2,4,7,9H2,(H,20,22)(H,21,23)/t10-,13-/m1/s1. The summed E-state index contributed by atoms with van der Waals surface area (Å²) in [5.74, 6) is -0.879. The van der Waals surface area contributed by atoms with Crippen LogP contribution in [0.3, 0.4) is 0 Å². The number of carbonyl (C=O) groups is 2. The lowest BCUT2D eigenvalue weighted by atomic mass is 9.83. The molecule has 5 nitrogen and oxygen atoms in total. The lowest BCUT2D eigenvalue weighted by Crippen LogP contribution is -2.48. The van der Waals surface area contributed by atoms with Crippen LogP contribution in [0.25, 0.3) is 0 Å². The van der Waals surface area contributed by atoms with Crippen LogP contribution in [0.5, 0.6) is 0 Å². The van der Waals surface area contributed by atoms with E-state index in [-0.39, 0.29) is 35.3 Å². The number of nitrogens with one attached hydrogen (secondary N) is 2. The Labute approximate surface area is 144 Å². The lowest BCUT2D eigenvalue weighted by Gasteiger charge is -2.31. The molecule has 122 valence electrons. The summed E-state index contributed by atoms with van der Waals surface area (Å²) >= 11 is 12.0. The zero-order chi connectivity index (χ0) is 16.8. The molecule has 1 saturated carbocycles. The molecule has 0 bridgehead atoms. The first-order valence-corrected chi connectivity index (χ1v) is 8.19. The van der Waals surface area contributed by atoms with Gasteiger partial charge in [0.15, 0.2) is 0 Å². The molecule has 0 radical (unpaired) electrons. The van der Waals surface area contributed by atoms with Gasteiger partial charge in [-0.05, 0) is 25.0 Å². The number of nitriles is 1. The Balaban J connectivity index is 2.09. The summed E-state index contributed by atoms with van der Waals surface area (Å²) in [4.78, 5) is 24.6. The number of hydrogen-bond donors (Lipinski definition) is 2. The molecule has 1 aromatic rings. The van der Waals surface area contributed by atoms with Gasteiger partial charge < -0.3 is 10.6 Å². The molecule has 1 aliphatic rings. The Morgan fingerprint density at radius 3 is 2.74 bits per heavy atom. The summed E-state index contributed by atoms with van der Waals surface area (Å²) in [6.45, 7) is -0.0316. The summed E-state index contributed by atoms with van der Waals surface area (Å²) in [6.07, 6.45) is 3.27. The van der Waals surface area contributed by atoms with Crippen molar-refractivity contribution in [2.75, 3.05) is 6.54 Å². The lowest BCUT2D eigenvalue weighted by molar-refractivity contribution is -0.126. The van der Waals surface area contributed by atoms with Crippen molar-refractivity contribution in [1.82, 2.24) is 10.6 Å². The van der Waals surface area contributed by atoms with Gasteiger partial charge in [-0.2, -0.15) is 5.26 Å². The van der Waals surface area contributed by atoms with Gasteiger partial charge in [-0.25, -0.2) is 0 Å². The Morgan fingerprint density at radius 1 is 1.26 bits per heavy atom.